The summed E-state index contributed by atoms with van der Waals surface area (Å²) in [5.74, 6) is 1.80. The molecule has 1 rings (SSSR count). The second kappa shape index (κ2) is 11.4. The van der Waals surface area contributed by atoms with E-state index in [-0.39, 0.29) is 29.7 Å². The summed E-state index contributed by atoms with van der Waals surface area (Å²) in [6.07, 6.45) is 3.22. The lowest BCUT2D eigenvalue weighted by Crippen LogP contribution is -2.46. The zero-order chi connectivity index (χ0) is 15.7. The average Bonchev–Trinajstić information content (AvgIpc) is 2.45. The van der Waals surface area contributed by atoms with Crippen molar-refractivity contribution < 1.29 is 8.42 Å². The van der Waals surface area contributed by atoms with Gasteiger partial charge in [-0.3, -0.25) is 4.99 Å². The van der Waals surface area contributed by atoms with E-state index < -0.39 is 10.0 Å². The van der Waals surface area contributed by atoms with Crippen LogP contribution < -0.4 is 10.0 Å². The Balaban J connectivity index is 0.00000441. The van der Waals surface area contributed by atoms with Crippen LogP contribution >= 0.6 is 24.0 Å². The standard InChI is InChI=1S/C14H30N4O2S.HI/c1-4-15-14(18-11-6-8-13(3)12-18)16-9-7-10-17-21(19,20)5-2;/h13,17H,4-12H2,1-3H3,(H,15,16);1H. The number of hydrogen-bond acceptors (Lipinski definition) is 3. The minimum atomic E-state index is -3.08. The van der Waals surface area contributed by atoms with Crippen molar-refractivity contribution in [2.24, 2.45) is 10.9 Å². The molecule has 0 aromatic rings. The quantitative estimate of drug-likeness (QED) is 0.270. The van der Waals surface area contributed by atoms with Gasteiger partial charge in [0.05, 0.1) is 5.75 Å². The van der Waals surface area contributed by atoms with Gasteiger partial charge in [0.15, 0.2) is 5.96 Å². The summed E-state index contributed by atoms with van der Waals surface area (Å²) in [4.78, 5) is 6.93. The lowest BCUT2D eigenvalue weighted by Gasteiger charge is -2.33. The molecule has 2 N–H and O–H groups in total. The van der Waals surface area contributed by atoms with Crippen molar-refractivity contribution in [1.29, 1.82) is 0 Å². The molecule has 0 aliphatic carbocycles. The molecule has 1 unspecified atom stereocenters. The van der Waals surface area contributed by atoms with Crippen molar-refractivity contribution in [3.63, 3.8) is 0 Å². The summed E-state index contributed by atoms with van der Waals surface area (Å²) in [5, 5.41) is 3.33. The second-order valence-electron chi connectivity index (χ2n) is 5.58. The predicted molar refractivity (Wildman–Crippen MR) is 103 cm³/mol. The first kappa shape index (κ1) is 21.9. The molecule has 132 valence electrons. The zero-order valence-corrected chi connectivity index (χ0v) is 17.1. The van der Waals surface area contributed by atoms with Crippen LogP contribution in [0.25, 0.3) is 0 Å². The number of rotatable bonds is 7. The number of hydrogen-bond donors (Lipinski definition) is 2. The van der Waals surface area contributed by atoms with Crippen LogP contribution in [0.1, 0.15) is 40.0 Å². The van der Waals surface area contributed by atoms with Gasteiger partial charge in [0.2, 0.25) is 10.0 Å². The lowest BCUT2D eigenvalue weighted by atomic mass is 10.0. The smallest absolute Gasteiger partial charge is 0.211 e. The van der Waals surface area contributed by atoms with E-state index >= 15 is 0 Å². The highest BCUT2D eigenvalue weighted by atomic mass is 127. The molecule has 1 heterocycles. The molecule has 1 fully saturated rings. The number of piperidine rings is 1. The summed E-state index contributed by atoms with van der Waals surface area (Å²) in [6.45, 7) is 10.0. The van der Waals surface area contributed by atoms with Crippen molar-refractivity contribution in [3.05, 3.63) is 0 Å². The molecule has 0 aromatic heterocycles. The van der Waals surface area contributed by atoms with Crippen LogP contribution in [0.3, 0.4) is 0 Å². The monoisotopic (exact) mass is 446 g/mol. The molecule has 0 aromatic carbocycles. The molecule has 1 saturated heterocycles. The number of aliphatic imine (C=N–C) groups is 1. The number of likely N-dealkylation sites (tertiary alicyclic amines) is 1. The third-order valence-corrected chi connectivity index (χ3v) is 4.99. The van der Waals surface area contributed by atoms with Crippen molar-refractivity contribution >= 4 is 40.0 Å². The van der Waals surface area contributed by atoms with Crippen LogP contribution in [0.5, 0.6) is 0 Å². The van der Waals surface area contributed by atoms with Crippen molar-refractivity contribution in [2.75, 3.05) is 38.5 Å². The van der Waals surface area contributed by atoms with Crippen LogP contribution in [0.4, 0.5) is 0 Å². The zero-order valence-electron chi connectivity index (χ0n) is 14.0. The van der Waals surface area contributed by atoms with E-state index in [9.17, 15) is 8.42 Å². The van der Waals surface area contributed by atoms with Crippen molar-refractivity contribution in [3.8, 4) is 0 Å². The Bertz CT molecular complexity index is 429. The van der Waals surface area contributed by atoms with E-state index in [2.05, 4.69) is 33.8 Å². The van der Waals surface area contributed by atoms with Crippen LogP contribution in [0.2, 0.25) is 0 Å². The molecular formula is C14H31IN4O2S. The number of nitrogens with one attached hydrogen (secondary N) is 2. The first-order chi connectivity index (χ1) is 9.98. The van der Waals surface area contributed by atoms with Gasteiger partial charge >= 0.3 is 0 Å². The largest absolute Gasteiger partial charge is 0.357 e. The van der Waals surface area contributed by atoms with E-state index in [4.69, 9.17) is 0 Å². The summed E-state index contributed by atoms with van der Waals surface area (Å²) < 4.78 is 25.2. The van der Waals surface area contributed by atoms with E-state index in [0.29, 0.717) is 19.0 Å². The van der Waals surface area contributed by atoms with Gasteiger partial charge in [-0.15, -0.1) is 24.0 Å². The molecule has 1 atom stereocenters. The Morgan fingerprint density at radius 2 is 2.09 bits per heavy atom. The first-order valence-electron chi connectivity index (χ1n) is 7.99. The van der Waals surface area contributed by atoms with E-state index in [1.165, 1.54) is 12.8 Å². The summed E-state index contributed by atoms with van der Waals surface area (Å²) in [5.41, 5.74) is 0. The molecule has 1 aliphatic heterocycles. The maximum atomic E-state index is 11.3. The maximum absolute atomic E-state index is 11.3. The predicted octanol–water partition coefficient (Wildman–Crippen LogP) is 1.63. The maximum Gasteiger partial charge on any atom is 0.211 e. The van der Waals surface area contributed by atoms with Gasteiger partial charge in [0, 0.05) is 32.7 Å². The molecule has 6 nitrogen and oxygen atoms in total. The van der Waals surface area contributed by atoms with Gasteiger partial charge < -0.3 is 10.2 Å². The molecular weight excluding hydrogens is 415 g/mol. The first-order valence-corrected chi connectivity index (χ1v) is 9.64. The number of sulfonamides is 1. The Morgan fingerprint density at radius 3 is 2.68 bits per heavy atom. The fourth-order valence-electron chi connectivity index (χ4n) is 2.40. The molecule has 0 radical (unpaired) electrons. The molecule has 0 bridgehead atoms. The van der Waals surface area contributed by atoms with Gasteiger partial charge in [-0.25, -0.2) is 13.1 Å². The van der Waals surface area contributed by atoms with E-state index in [1.807, 2.05) is 0 Å². The number of nitrogens with zero attached hydrogens (tertiary/aromatic N) is 2. The third kappa shape index (κ3) is 8.52. The van der Waals surface area contributed by atoms with Crippen LogP contribution in [0.15, 0.2) is 4.99 Å². The molecule has 0 spiro atoms. The molecule has 22 heavy (non-hydrogen) atoms. The van der Waals surface area contributed by atoms with Gasteiger partial charge in [-0.1, -0.05) is 6.92 Å². The van der Waals surface area contributed by atoms with Crippen molar-refractivity contribution in [1.82, 2.24) is 14.9 Å². The Labute approximate surface area is 152 Å². The topological polar surface area (TPSA) is 73.8 Å². The third-order valence-electron chi connectivity index (χ3n) is 3.59. The van der Waals surface area contributed by atoms with Crippen LogP contribution in [0, 0.1) is 5.92 Å². The van der Waals surface area contributed by atoms with Gasteiger partial charge in [0.1, 0.15) is 0 Å². The fraction of sp³-hybridized carbons (Fsp3) is 0.929. The highest BCUT2D eigenvalue weighted by Crippen LogP contribution is 2.15. The van der Waals surface area contributed by atoms with E-state index in [0.717, 1.165) is 32.0 Å². The summed E-state index contributed by atoms with van der Waals surface area (Å²) in [7, 11) is -3.08. The van der Waals surface area contributed by atoms with Crippen molar-refractivity contribution in [2.45, 2.75) is 40.0 Å². The average molecular weight is 446 g/mol. The number of guanidine groups is 1. The Kier molecular flexibility index (Phi) is 11.4. The van der Waals surface area contributed by atoms with Gasteiger partial charge in [-0.05, 0) is 39.0 Å². The second-order valence-corrected chi connectivity index (χ2v) is 7.68. The lowest BCUT2D eigenvalue weighted by molar-refractivity contribution is 0.266. The molecule has 8 heteroatoms. The Hall–Kier alpha value is -0.0900. The molecule has 1 aliphatic rings. The van der Waals surface area contributed by atoms with Crippen LogP contribution in [-0.4, -0.2) is 57.8 Å². The minimum Gasteiger partial charge on any atom is -0.357 e. The minimum absolute atomic E-state index is 0. The van der Waals surface area contributed by atoms with Gasteiger partial charge in [-0.2, -0.15) is 0 Å². The molecule has 0 amide bonds. The van der Waals surface area contributed by atoms with Crippen LogP contribution in [-0.2, 0) is 10.0 Å². The highest BCUT2D eigenvalue weighted by molar-refractivity contribution is 14.0. The van der Waals surface area contributed by atoms with Gasteiger partial charge in [0.25, 0.3) is 0 Å². The SMILES string of the molecule is CCNC(=NCCCNS(=O)(=O)CC)N1CCCC(C)C1.I. The highest BCUT2D eigenvalue weighted by Gasteiger charge is 2.18. The normalized spacial score (nSPS) is 19.7. The molecule has 0 saturated carbocycles. The Morgan fingerprint density at radius 1 is 1.36 bits per heavy atom. The van der Waals surface area contributed by atoms with E-state index in [1.54, 1.807) is 6.92 Å². The fourth-order valence-corrected chi connectivity index (χ4v) is 3.06. The number of halogens is 1. The summed E-state index contributed by atoms with van der Waals surface area (Å²) in [6, 6.07) is 0. The summed E-state index contributed by atoms with van der Waals surface area (Å²) >= 11 is 0.